The Morgan fingerprint density at radius 1 is 1.15 bits per heavy atom. The van der Waals surface area contributed by atoms with Crippen molar-refractivity contribution in [3.63, 3.8) is 0 Å². The summed E-state index contributed by atoms with van der Waals surface area (Å²) in [6.07, 6.45) is 10.0. The monoisotopic (exact) mass is 280 g/mol. The minimum atomic E-state index is 0.643. The highest BCUT2D eigenvalue weighted by atomic mass is 16.5. The van der Waals surface area contributed by atoms with Crippen LogP contribution in [0.3, 0.4) is 0 Å². The number of hydrogen-bond acceptors (Lipinski definition) is 3. The summed E-state index contributed by atoms with van der Waals surface area (Å²) >= 11 is 0. The molecule has 2 heterocycles. The Morgan fingerprint density at radius 2 is 2.00 bits per heavy atom. The molecule has 1 aliphatic carbocycles. The molecule has 1 saturated carbocycles. The van der Waals surface area contributed by atoms with Crippen molar-refractivity contribution in [2.75, 3.05) is 32.8 Å². The fraction of sp³-hybridized carbons (Fsp3) is 1.00. The van der Waals surface area contributed by atoms with Gasteiger partial charge in [0.05, 0.1) is 6.61 Å². The van der Waals surface area contributed by atoms with Crippen LogP contribution >= 0.6 is 0 Å². The van der Waals surface area contributed by atoms with E-state index in [-0.39, 0.29) is 0 Å². The number of likely N-dealkylation sites (tertiary alicyclic amines) is 1. The molecule has 3 nitrogen and oxygen atoms in total. The lowest BCUT2D eigenvalue weighted by molar-refractivity contribution is 0.139. The van der Waals surface area contributed by atoms with Crippen molar-refractivity contribution < 1.29 is 4.74 Å². The maximum Gasteiger partial charge on any atom is 0.0510 e. The lowest BCUT2D eigenvalue weighted by Gasteiger charge is -2.34. The summed E-state index contributed by atoms with van der Waals surface area (Å²) in [5.41, 5.74) is 0. The Bertz CT molecular complexity index is 285. The van der Waals surface area contributed by atoms with Crippen LogP contribution in [0.5, 0.6) is 0 Å². The molecular weight excluding hydrogens is 248 g/mol. The molecule has 3 unspecified atom stereocenters. The topological polar surface area (TPSA) is 24.5 Å². The number of hydrogen-bond donors (Lipinski definition) is 1. The van der Waals surface area contributed by atoms with Crippen molar-refractivity contribution >= 4 is 0 Å². The molecule has 3 fully saturated rings. The zero-order valence-corrected chi connectivity index (χ0v) is 13.2. The molecule has 1 N–H and O–H groups in total. The van der Waals surface area contributed by atoms with Crippen molar-refractivity contribution in [3.8, 4) is 0 Å². The van der Waals surface area contributed by atoms with Crippen LogP contribution in [0, 0.1) is 11.8 Å². The van der Waals surface area contributed by atoms with Crippen LogP contribution in [-0.4, -0.2) is 49.8 Å². The van der Waals surface area contributed by atoms with E-state index >= 15 is 0 Å². The second kappa shape index (κ2) is 7.24. The third kappa shape index (κ3) is 3.37. The van der Waals surface area contributed by atoms with Crippen LogP contribution in [0.2, 0.25) is 0 Å². The van der Waals surface area contributed by atoms with Crippen LogP contribution in [-0.2, 0) is 4.74 Å². The van der Waals surface area contributed by atoms with E-state index in [0.717, 1.165) is 37.6 Å². The Balaban J connectivity index is 1.58. The number of rotatable bonds is 6. The van der Waals surface area contributed by atoms with Gasteiger partial charge < -0.3 is 10.1 Å². The SMILES string of the molecule is CCNC(CN1CCCC1C1CCCC1)C1CCOC1. The van der Waals surface area contributed by atoms with Gasteiger partial charge in [-0.2, -0.15) is 0 Å². The molecular formula is C17H32N2O. The molecule has 3 atom stereocenters. The van der Waals surface area contributed by atoms with Crippen LogP contribution in [0.4, 0.5) is 0 Å². The maximum absolute atomic E-state index is 5.62. The molecule has 3 rings (SSSR count). The van der Waals surface area contributed by atoms with Gasteiger partial charge in [-0.05, 0) is 51.1 Å². The molecule has 0 aromatic carbocycles. The van der Waals surface area contributed by atoms with Gasteiger partial charge in [0.15, 0.2) is 0 Å². The van der Waals surface area contributed by atoms with Gasteiger partial charge in [0.1, 0.15) is 0 Å². The Labute approximate surface area is 124 Å². The Kier molecular flexibility index (Phi) is 5.36. The summed E-state index contributed by atoms with van der Waals surface area (Å²) < 4.78 is 5.62. The van der Waals surface area contributed by atoms with Crippen molar-refractivity contribution in [3.05, 3.63) is 0 Å². The Hall–Kier alpha value is -0.120. The molecule has 0 aromatic rings. The average molecular weight is 280 g/mol. The quantitative estimate of drug-likeness (QED) is 0.809. The zero-order chi connectivity index (χ0) is 13.8. The maximum atomic E-state index is 5.62. The van der Waals surface area contributed by atoms with Crippen molar-refractivity contribution in [2.24, 2.45) is 11.8 Å². The standard InChI is InChI=1S/C17H32N2O/c1-2-18-16(15-9-11-20-13-15)12-19-10-5-8-17(19)14-6-3-4-7-14/h14-18H,2-13H2,1H3. The Morgan fingerprint density at radius 3 is 2.70 bits per heavy atom. The zero-order valence-electron chi connectivity index (χ0n) is 13.2. The van der Waals surface area contributed by atoms with Crippen molar-refractivity contribution in [1.82, 2.24) is 10.2 Å². The third-order valence-electron chi connectivity index (χ3n) is 5.79. The normalized spacial score (nSPS) is 34.0. The number of nitrogens with zero attached hydrogens (tertiary/aromatic N) is 1. The van der Waals surface area contributed by atoms with Crippen LogP contribution in [0.1, 0.15) is 51.9 Å². The minimum Gasteiger partial charge on any atom is -0.381 e. The molecule has 0 aromatic heterocycles. The molecule has 0 bridgehead atoms. The lowest BCUT2D eigenvalue weighted by Crippen LogP contribution is -2.48. The predicted octanol–water partition coefficient (Wildman–Crippen LogP) is 2.66. The van der Waals surface area contributed by atoms with Gasteiger partial charge in [-0.1, -0.05) is 19.8 Å². The van der Waals surface area contributed by atoms with Crippen LogP contribution in [0.15, 0.2) is 0 Å². The van der Waals surface area contributed by atoms with E-state index in [2.05, 4.69) is 17.1 Å². The fourth-order valence-electron chi connectivity index (χ4n) is 4.72. The van der Waals surface area contributed by atoms with Gasteiger partial charge in [0.2, 0.25) is 0 Å². The molecule has 3 aliphatic rings. The summed E-state index contributed by atoms with van der Waals surface area (Å²) in [6, 6.07) is 1.53. The van der Waals surface area contributed by atoms with E-state index in [0.29, 0.717) is 6.04 Å². The van der Waals surface area contributed by atoms with E-state index < -0.39 is 0 Å². The highest BCUT2D eigenvalue weighted by Gasteiger charge is 2.36. The van der Waals surface area contributed by atoms with Gasteiger partial charge in [-0.25, -0.2) is 0 Å². The van der Waals surface area contributed by atoms with Gasteiger partial charge in [-0.3, -0.25) is 4.90 Å². The van der Waals surface area contributed by atoms with Crippen molar-refractivity contribution in [1.29, 1.82) is 0 Å². The van der Waals surface area contributed by atoms with E-state index in [4.69, 9.17) is 4.74 Å². The number of ether oxygens (including phenoxy) is 1. The largest absolute Gasteiger partial charge is 0.381 e. The van der Waals surface area contributed by atoms with E-state index in [9.17, 15) is 0 Å². The highest BCUT2D eigenvalue weighted by molar-refractivity contribution is 4.91. The summed E-state index contributed by atoms with van der Waals surface area (Å²) in [7, 11) is 0. The lowest BCUT2D eigenvalue weighted by atomic mass is 9.94. The number of likely N-dealkylation sites (N-methyl/N-ethyl adjacent to an activating group) is 1. The molecule has 0 radical (unpaired) electrons. The van der Waals surface area contributed by atoms with Gasteiger partial charge in [0.25, 0.3) is 0 Å². The van der Waals surface area contributed by atoms with E-state index in [1.807, 2.05) is 0 Å². The first kappa shape index (κ1) is 14.8. The van der Waals surface area contributed by atoms with E-state index in [1.54, 1.807) is 0 Å². The number of nitrogens with one attached hydrogen (secondary N) is 1. The molecule has 2 aliphatic heterocycles. The van der Waals surface area contributed by atoms with Gasteiger partial charge >= 0.3 is 0 Å². The smallest absolute Gasteiger partial charge is 0.0510 e. The molecule has 20 heavy (non-hydrogen) atoms. The molecule has 116 valence electrons. The predicted molar refractivity (Wildman–Crippen MR) is 82.9 cm³/mol. The first-order chi connectivity index (χ1) is 9.88. The molecule has 0 spiro atoms. The third-order valence-corrected chi connectivity index (χ3v) is 5.79. The molecule has 0 amide bonds. The second-order valence-corrected chi connectivity index (χ2v) is 7.04. The molecule has 2 saturated heterocycles. The second-order valence-electron chi connectivity index (χ2n) is 7.04. The van der Waals surface area contributed by atoms with Crippen molar-refractivity contribution in [2.45, 2.75) is 64.0 Å². The fourth-order valence-corrected chi connectivity index (χ4v) is 4.72. The van der Waals surface area contributed by atoms with Gasteiger partial charge in [-0.15, -0.1) is 0 Å². The first-order valence-electron chi connectivity index (χ1n) is 8.93. The molecule has 3 heteroatoms. The summed E-state index contributed by atoms with van der Waals surface area (Å²) in [5, 5.41) is 3.74. The average Bonchev–Trinajstić information content (AvgIpc) is 3.20. The summed E-state index contributed by atoms with van der Waals surface area (Å²) in [5.74, 6) is 1.74. The summed E-state index contributed by atoms with van der Waals surface area (Å²) in [6.45, 7) is 7.85. The first-order valence-corrected chi connectivity index (χ1v) is 8.93. The minimum absolute atomic E-state index is 0.643. The highest BCUT2D eigenvalue weighted by Crippen LogP contribution is 2.35. The van der Waals surface area contributed by atoms with E-state index in [1.165, 1.54) is 58.0 Å². The van der Waals surface area contributed by atoms with Gasteiger partial charge in [0, 0.05) is 31.2 Å². The van der Waals surface area contributed by atoms with Crippen LogP contribution < -0.4 is 5.32 Å². The summed E-state index contributed by atoms with van der Waals surface area (Å²) in [4.78, 5) is 2.82. The van der Waals surface area contributed by atoms with Crippen LogP contribution in [0.25, 0.3) is 0 Å².